The van der Waals surface area contributed by atoms with E-state index in [2.05, 4.69) is 63.2 Å². The monoisotopic (exact) mass is 278 g/mol. The van der Waals surface area contributed by atoms with Gasteiger partial charge in [0, 0.05) is 23.8 Å². The van der Waals surface area contributed by atoms with Crippen molar-refractivity contribution in [3.05, 3.63) is 46.6 Å². The molecule has 3 heteroatoms. The molecule has 1 unspecified atom stereocenters. The highest BCUT2D eigenvalue weighted by Crippen LogP contribution is 2.15. The second-order valence-corrected chi connectivity index (χ2v) is 4.92. The van der Waals surface area contributed by atoms with Crippen LogP contribution in [0, 0.1) is 0 Å². The Hall–Kier alpha value is -1.09. The van der Waals surface area contributed by atoms with Gasteiger partial charge in [-0.3, -0.25) is 0 Å². The zero-order valence-corrected chi connectivity index (χ0v) is 10.9. The lowest BCUT2D eigenvalue weighted by Crippen LogP contribution is -2.30. The second kappa shape index (κ2) is 5.30. The zero-order valence-electron chi connectivity index (χ0n) is 9.31. The van der Waals surface area contributed by atoms with Crippen molar-refractivity contribution in [3.8, 4) is 0 Å². The van der Waals surface area contributed by atoms with E-state index >= 15 is 0 Å². The molecule has 1 aliphatic rings. The quantitative estimate of drug-likeness (QED) is 0.829. The van der Waals surface area contributed by atoms with Crippen LogP contribution in [0.4, 0.5) is 0 Å². The molecule has 0 saturated heterocycles. The lowest BCUT2D eigenvalue weighted by atomic mass is 10.0. The molecule has 0 aromatic heterocycles. The number of halogens is 1. The Bertz CT molecular complexity index is 412. The fraction of sp³-hybridized carbons (Fsp3) is 0.308. The van der Waals surface area contributed by atoms with Gasteiger partial charge < -0.3 is 4.90 Å². The summed E-state index contributed by atoms with van der Waals surface area (Å²) in [5.74, 6) is 0. The average Bonchev–Trinajstić information content (AvgIpc) is 2.28. The molecule has 1 atom stereocenters. The fourth-order valence-electron chi connectivity index (χ4n) is 1.82. The standard InChI is InChI=1S/C13H15BrN2/c1-16-10-15-8-7-13(16)6-5-11-3-2-4-12(14)9-11/h2-4,7-10,13H,5-6H2,1H3. The topological polar surface area (TPSA) is 15.6 Å². The first-order valence-electron chi connectivity index (χ1n) is 5.42. The molecule has 16 heavy (non-hydrogen) atoms. The first-order chi connectivity index (χ1) is 7.75. The van der Waals surface area contributed by atoms with E-state index in [1.807, 2.05) is 12.5 Å². The van der Waals surface area contributed by atoms with E-state index in [1.165, 1.54) is 5.56 Å². The minimum Gasteiger partial charge on any atom is -0.359 e. The minimum atomic E-state index is 0.469. The summed E-state index contributed by atoms with van der Waals surface area (Å²) in [5, 5.41) is 0. The molecule has 1 aromatic carbocycles. The van der Waals surface area contributed by atoms with E-state index in [-0.39, 0.29) is 0 Å². The van der Waals surface area contributed by atoms with E-state index < -0.39 is 0 Å². The molecule has 1 aromatic rings. The fourth-order valence-corrected chi connectivity index (χ4v) is 2.27. The van der Waals surface area contributed by atoms with E-state index in [4.69, 9.17) is 0 Å². The number of rotatable bonds is 3. The van der Waals surface area contributed by atoms with Gasteiger partial charge in [-0.15, -0.1) is 0 Å². The number of aryl methyl sites for hydroxylation is 1. The maximum absolute atomic E-state index is 4.09. The molecule has 2 rings (SSSR count). The van der Waals surface area contributed by atoms with E-state index in [9.17, 15) is 0 Å². The third-order valence-electron chi connectivity index (χ3n) is 2.78. The van der Waals surface area contributed by atoms with Gasteiger partial charge in [0.25, 0.3) is 0 Å². The van der Waals surface area contributed by atoms with Crippen LogP contribution in [0.1, 0.15) is 12.0 Å². The van der Waals surface area contributed by atoms with Gasteiger partial charge in [-0.2, -0.15) is 0 Å². The number of aliphatic imine (C=N–C) groups is 1. The largest absolute Gasteiger partial charge is 0.359 e. The lowest BCUT2D eigenvalue weighted by molar-refractivity contribution is 0.409. The third-order valence-corrected chi connectivity index (χ3v) is 3.28. The van der Waals surface area contributed by atoms with E-state index in [1.54, 1.807) is 0 Å². The van der Waals surface area contributed by atoms with Crippen molar-refractivity contribution in [1.82, 2.24) is 4.90 Å². The molecule has 0 N–H and O–H groups in total. The molecule has 0 spiro atoms. The van der Waals surface area contributed by atoms with Crippen molar-refractivity contribution < 1.29 is 0 Å². The van der Waals surface area contributed by atoms with Crippen LogP contribution in [-0.4, -0.2) is 24.3 Å². The van der Waals surface area contributed by atoms with Gasteiger partial charge in [-0.05, 0) is 36.6 Å². The molecule has 0 bridgehead atoms. The van der Waals surface area contributed by atoms with Crippen molar-refractivity contribution in [3.63, 3.8) is 0 Å². The van der Waals surface area contributed by atoms with Crippen LogP contribution in [0.25, 0.3) is 0 Å². The molecule has 2 nitrogen and oxygen atoms in total. The zero-order chi connectivity index (χ0) is 11.4. The van der Waals surface area contributed by atoms with Gasteiger partial charge in [0.05, 0.1) is 6.34 Å². The maximum atomic E-state index is 4.09. The number of benzene rings is 1. The highest BCUT2D eigenvalue weighted by atomic mass is 79.9. The highest BCUT2D eigenvalue weighted by molar-refractivity contribution is 9.10. The Morgan fingerprint density at radius 1 is 1.44 bits per heavy atom. The van der Waals surface area contributed by atoms with Crippen LogP contribution < -0.4 is 0 Å². The molecular formula is C13H15BrN2. The van der Waals surface area contributed by atoms with Crippen LogP contribution in [0.2, 0.25) is 0 Å². The smallest absolute Gasteiger partial charge is 0.0907 e. The SMILES string of the molecule is CN1C=NC=CC1CCc1cccc(Br)c1. The van der Waals surface area contributed by atoms with Crippen LogP contribution >= 0.6 is 15.9 Å². The Morgan fingerprint density at radius 2 is 2.31 bits per heavy atom. The second-order valence-electron chi connectivity index (χ2n) is 4.01. The molecule has 0 aliphatic carbocycles. The number of hydrogen-bond acceptors (Lipinski definition) is 2. The summed E-state index contributed by atoms with van der Waals surface area (Å²) in [7, 11) is 2.07. The van der Waals surface area contributed by atoms with Gasteiger partial charge in [-0.1, -0.05) is 28.1 Å². The predicted molar refractivity (Wildman–Crippen MR) is 71.6 cm³/mol. The summed E-state index contributed by atoms with van der Waals surface area (Å²) >= 11 is 3.49. The van der Waals surface area contributed by atoms with Crippen LogP contribution in [0.15, 0.2) is 46.0 Å². The molecular weight excluding hydrogens is 264 g/mol. The third kappa shape index (κ3) is 2.95. The first kappa shape index (κ1) is 11.4. The van der Waals surface area contributed by atoms with Crippen molar-refractivity contribution >= 4 is 22.3 Å². The average molecular weight is 279 g/mol. The molecule has 0 saturated carbocycles. The molecule has 0 radical (unpaired) electrons. The highest BCUT2D eigenvalue weighted by Gasteiger charge is 2.10. The van der Waals surface area contributed by atoms with E-state index in [0.29, 0.717) is 6.04 Å². The maximum Gasteiger partial charge on any atom is 0.0907 e. The molecule has 84 valence electrons. The number of nitrogens with zero attached hydrogens (tertiary/aromatic N) is 2. The summed E-state index contributed by atoms with van der Waals surface area (Å²) < 4.78 is 1.15. The minimum absolute atomic E-state index is 0.469. The predicted octanol–water partition coefficient (Wildman–Crippen LogP) is 3.24. The Kier molecular flexibility index (Phi) is 3.78. The number of likely N-dealkylation sites (N-methyl/N-ethyl adjacent to an activating group) is 1. The Labute approximate surface area is 105 Å². The van der Waals surface area contributed by atoms with Gasteiger partial charge in [0.15, 0.2) is 0 Å². The van der Waals surface area contributed by atoms with Gasteiger partial charge >= 0.3 is 0 Å². The molecule has 1 aliphatic heterocycles. The lowest BCUT2D eigenvalue weighted by Gasteiger charge is -2.25. The van der Waals surface area contributed by atoms with Crippen LogP contribution in [0.5, 0.6) is 0 Å². The summed E-state index contributed by atoms with van der Waals surface area (Å²) in [6, 6.07) is 8.97. The van der Waals surface area contributed by atoms with Gasteiger partial charge in [0.2, 0.25) is 0 Å². The Morgan fingerprint density at radius 3 is 3.06 bits per heavy atom. The molecule has 0 fully saturated rings. The normalized spacial score (nSPS) is 19.1. The molecule has 1 heterocycles. The summed E-state index contributed by atoms with van der Waals surface area (Å²) in [4.78, 5) is 6.24. The van der Waals surface area contributed by atoms with Crippen molar-refractivity contribution in [2.75, 3.05) is 7.05 Å². The summed E-state index contributed by atoms with van der Waals surface area (Å²) in [6.45, 7) is 0. The Balaban J connectivity index is 1.92. The van der Waals surface area contributed by atoms with Crippen molar-refractivity contribution in [2.24, 2.45) is 4.99 Å². The van der Waals surface area contributed by atoms with E-state index in [0.717, 1.165) is 17.3 Å². The van der Waals surface area contributed by atoms with Crippen LogP contribution in [-0.2, 0) is 6.42 Å². The molecule has 0 amide bonds. The van der Waals surface area contributed by atoms with Gasteiger partial charge in [-0.25, -0.2) is 4.99 Å². The summed E-state index contributed by atoms with van der Waals surface area (Å²) in [5.41, 5.74) is 1.37. The van der Waals surface area contributed by atoms with Gasteiger partial charge in [0.1, 0.15) is 0 Å². The van der Waals surface area contributed by atoms with Crippen molar-refractivity contribution in [1.29, 1.82) is 0 Å². The number of hydrogen-bond donors (Lipinski definition) is 0. The van der Waals surface area contributed by atoms with Crippen LogP contribution in [0.3, 0.4) is 0 Å². The van der Waals surface area contributed by atoms with Crippen molar-refractivity contribution in [2.45, 2.75) is 18.9 Å². The first-order valence-corrected chi connectivity index (χ1v) is 6.21. The summed E-state index contributed by atoms with van der Waals surface area (Å²) in [6.07, 6.45) is 8.12.